The standard InChI is InChI=1S/C41H53F3N8O5/c1-3-49(4-2)38(53)20-28-11-15-50-24-31(28)12-18-56-37-22-32(41(42,43)44)21-35(45-37)29-9-8-10-30(19-29)39(54)52-26-34(23-36(52)40(50)55)57-27-33-25-51(47-46-33)17-16-48-13-6-5-7-14-48/h8-10,19,21-22,25,28,31,34,36H,3-7,11-18,20,23-24,26-27H2,1-2H3/t28-,31-,34+,36-/m0/s1. The number of piperidine rings is 2. The first kappa shape index (κ1) is 40.6. The Morgan fingerprint density at radius 3 is 2.54 bits per heavy atom. The van der Waals surface area contributed by atoms with E-state index in [1.54, 1.807) is 28.0 Å². The average Bonchev–Trinajstić information content (AvgIpc) is 3.87. The van der Waals surface area contributed by atoms with Crippen molar-refractivity contribution in [2.45, 2.75) is 90.3 Å². The van der Waals surface area contributed by atoms with Crippen LogP contribution in [-0.2, 0) is 33.7 Å². The van der Waals surface area contributed by atoms with Gasteiger partial charge in [0.05, 0.1) is 43.3 Å². The fourth-order valence-corrected chi connectivity index (χ4v) is 8.72. The maximum Gasteiger partial charge on any atom is 0.416 e. The monoisotopic (exact) mass is 794 g/mol. The van der Waals surface area contributed by atoms with Gasteiger partial charge in [0.15, 0.2) is 0 Å². The van der Waals surface area contributed by atoms with Crippen molar-refractivity contribution in [1.82, 2.24) is 39.6 Å². The summed E-state index contributed by atoms with van der Waals surface area (Å²) in [7, 11) is 0. The first-order chi connectivity index (χ1) is 27.5. The molecule has 4 aliphatic heterocycles. The van der Waals surface area contributed by atoms with E-state index in [-0.39, 0.29) is 67.0 Å². The molecule has 13 nitrogen and oxygen atoms in total. The smallest absolute Gasteiger partial charge is 0.416 e. The highest BCUT2D eigenvalue weighted by atomic mass is 19.4. The summed E-state index contributed by atoms with van der Waals surface area (Å²) in [5, 5.41) is 8.60. The SMILES string of the molecule is CCN(CC)C(=O)C[C@@H]1CCN2C[C@@H]1CCOc1cc(C(F)(F)F)cc(n1)-c1cccc(c1)C(=O)N1C[C@H](OCc3cn(CCN4CCCCC4)nn3)C[C@H]1C2=O. The molecule has 0 unspecified atom stereocenters. The quantitative estimate of drug-likeness (QED) is 0.274. The van der Waals surface area contributed by atoms with E-state index in [0.717, 1.165) is 38.3 Å². The fraction of sp³-hybridized carbons (Fsp3) is 0.610. The van der Waals surface area contributed by atoms with E-state index in [0.29, 0.717) is 56.7 Å². The van der Waals surface area contributed by atoms with Crippen molar-refractivity contribution in [2.24, 2.45) is 11.8 Å². The van der Waals surface area contributed by atoms with Crippen molar-refractivity contribution >= 4 is 17.7 Å². The molecule has 2 aromatic heterocycles. The van der Waals surface area contributed by atoms with E-state index in [9.17, 15) is 27.6 Å². The van der Waals surface area contributed by atoms with Gasteiger partial charge in [0.25, 0.3) is 5.91 Å². The molecule has 57 heavy (non-hydrogen) atoms. The van der Waals surface area contributed by atoms with Crippen molar-refractivity contribution in [3.8, 4) is 17.1 Å². The third-order valence-corrected chi connectivity index (χ3v) is 12.0. The molecular formula is C41H53F3N8O5. The van der Waals surface area contributed by atoms with Crippen LogP contribution in [-0.4, -0.2) is 128 Å². The van der Waals surface area contributed by atoms with Gasteiger partial charge in [0, 0.05) is 69.3 Å². The Bertz CT molecular complexity index is 1880. The zero-order chi connectivity index (χ0) is 40.1. The number of alkyl halides is 3. The van der Waals surface area contributed by atoms with Crippen molar-refractivity contribution < 1.29 is 37.0 Å². The van der Waals surface area contributed by atoms with Gasteiger partial charge < -0.3 is 29.1 Å². The molecule has 4 atom stereocenters. The summed E-state index contributed by atoms with van der Waals surface area (Å²) in [4.78, 5) is 54.2. The Balaban J connectivity index is 1.14. The Hall–Kier alpha value is -4.57. The number of carbonyl (C=O) groups excluding carboxylic acids is 3. The van der Waals surface area contributed by atoms with Gasteiger partial charge in [-0.3, -0.25) is 19.1 Å². The average molecular weight is 795 g/mol. The number of hydrogen-bond donors (Lipinski definition) is 0. The van der Waals surface area contributed by atoms with Crippen LogP contribution in [0.5, 0.6) is 5.88 Å². The number of carbonyl (C=O) groups is 3. The number of likely N-dealkylation sites (tertiary alicyclic amines) is 1. The normalized spacial score (nSPS) is 23.3. The molecule has 4 aliphatic rings. The molecule has 3 saturated heterocycles. The lowest BCUT2D eigenvalue weighted by atomic mass is 9.80. The number of amides is 3. The van der Waals surface area contributed by atoms with Crippen LogP contribution < -0.4 is 4.74 Å². The van der Waals surface area contributed by atoms with Crippen molar-refractivity contribution in [3.05, 3.63) is 59.4 Å². The molecule has 3 fully saturated rings. The van der Waals surface area contributed by atoms with E-state index in [4.69, 9.17) is 9.47 Å². The Labute approximate surface area is 331 Å². The van der Waals surface area contributed by atoms with E-state index in [2.05, 4.69) is 20.2 Å². The second-order valence-corrected chi connectivity index (χ2v) is 15.7. The molecule has 0 radical (unpaired) electrons. The molecule has 0 saturated carbocycles. The summed E-state index contributed by atoms with van der Waals surface area (Å²) in [6, 6.07) is 7.28. The first-order valence-corrected chi connectivity index (χ1v) is 20.4. The molecule has 0 N–H and O–H groups in total. The van der Waals surface area contributed by atoms with Gasteiger partial charge in [-0.2, -0.15) is 13.2 Å². The highest BCUT2D eigenvalue weighted by Gasteiger charge is 2.44. The largest absolute Gasteiger partial charge is 0.478 e. The number of rotatable bonds is 10. The molecule has 3 amide bonds. The molecule has 16 heteroatoms. The van der Waals surface area contributed by atoms with Crippen molar-refractivity contribution in [1.29, 1.82) is 0 Å². The maximum atomic E-state index is 14.5. The topological polar surface area (TPSA) is 126 Å². The van der Waals surface area contributed by atoms with E-state index in [1.807, 2.05) is 24.7 Å². The molecule has 6 bridgehead atoms. The number of aromatic nitrogens is 4. The summed E-state index contributed by atoms with van der Waals surface area (Å²) in [5.41, 5.74) is 0.255. The molecule has 0 aliphatic carbocycles. The number of ether oxygens (including phenoxy) is 2. The molecule has 308 valence electrons. The third kappa shape index (κ3) is 9.77. The van der Waals surface area contributed by atoms with Crippen LogP contribution in [0.25, 0.3) is 11.3 Å². The lowest BCUT2D eigenvalue weighted by Gasteiger charge is -2.41. The second-order valence-electron chi connectivity index (χ2n) is 15.7. The van der Waals surface area contributed by atoms with Crippen LogP contribution in [0, 0.1) is 11.8 Å². The predicted molar refractivity (Wildman–Crippen MR) is 204 cm³/mol. The number of halogens is 3. The van der Waals surface area contributed by atoms with Gasteiger partial charge in [-0.15, -0.1) is 5.10 Å². The summed E-state index contributed by atoms with van der Waals surface area (Å²) < 4.78 is 56.5. The number of pyridine rings is 1. The number of nitrogens with zero attached hydrogens (tertiary/aromatic N) is 8. The summed E-state index contributed by atoms with van der Waals surface area (Å²) in [6.45, 7) is 9.91. The van der Waals surface area contributed by atoms with Gasteiger partial charge in [0.2, 0.25) is 17.7 Å². The van der Waals surface area contributed by atoms with Crippen LogP contribution in [0.4, 0.5) is 13.2 Å². The molecule has 3 aromatic rings. The van der Waals surface area contributed by atoms with Crippen LogP contribution >= 0.6 is 0 Å². The summed E-state index contributed by atoms with van der Waals surface area (Å²) in [6.07, 6.45) is 1.94. The van der Waals surface area contributed by atoms with Gasteiger partial charge in [-0.1, -0.05) is 23.8 Å². The first-order valence-electron chi connectivity index (χ1n) is 20.4. The molecule has 0 spiro atoms. The third-order valence-electron chi connectivity index (χ3n) is 12.0. The molecule has 7 rings (SSSR count). The highest BCUT2D eigenvalue weighted by molar-refractivity contribution is 5.99. The van der Waals surface area contributed by atoms with Crippen LogP contribution in [0.15, 0.2) is 42.6 Å². The zero-order valence-corrected chi connectivity index (χ0v) is 32.8. The van der Waals surface area contributed by atoms with E-state index in [1.165, 1.54) is 30.2 Å². The van der Waals surface area contributed by atoms with Gasteiger partial charge >= 0.3 is 6.18 Å². The lowest BCUT2D eigenvalue weighted by Crippen LogP contribution is -2.52. The minimum absolute atomic E-state index is 0.00680. The Kier molecular flexibility index (Phi) is 12.8. The second kappa shape index (κ2) is 17.9. The highest BCUT2D eigenvalue weighted by Crippen LogP contribution is 2.36. The van der Waals surface area contributed by atoms with Gasteiger partial charge in [0.1, 0.15) is 11.7 Å². The lowest BCUT2D eigenvalue weighted by molar-refractivity contribution is -0.139. The zero-order valence-electron chi connectivity index (χ0n) is 32.8. The number of hydrogen-bond acceptors (Lipinski definition) is 9. The molecule has 1 aromatic carbocycles. The van der Waals surface area contributed by atoms with Crippen LogP contribution in [0.1, 0.15) is 80.4 Å². The minimum Gasteiger partial charge on any atom is -0.478 e. The summed E-state index contributed by atoms with van der Waals surface area (Å²) in [5.74, 6) is -1.04. The molecule has 6 heterocycles. The minimum atomic E-state index is -4.66. The summed E-state index contributed by atoms with van der Waals surface area (Å²) >= 11 is 0. The van der Waals surface area contributed by atoms with Gasteiger partial charge in [-0.05, 0) is 82.7 Å². The van der Waals surface area contributed by atoms with Crippen LogP contribution in [0.3, 0.4) is 0 Å². The fourth-order valence-electron chi connectivity index (χ4n) is 8.72. The van der Waals surface area contributed by atoms with Crippen LogP contribution in [0.2, 0.25) is 0 Å². The Morgan fingerprint density at radius 1 is 0.982 bits per heavy atom. The van der Waals surface area contributed by atoms with Crippen molar-refractivity contribution in [3.63, 3.8) is 0 Å². The maximum absolute atomic E-state index is 14.5. The van der Waals surface area contributed by atoms with Crippen molar-refractivity contribution in [2.75, 3.05) is 59.0 Å². The van der Waals surface area contributed by atoms with E-state index < -0.39 is 29.8 Å². The predicted octanol–water partition coefficient (Wildman–Crippen LogP) is 5.15. The Morgan fingerprint density at radius 2 is 1.77 bits per heavy atom. The van der Waals surface area contributed by atoms with E-state index >= 15 is 0 Å². The number of fused-ring (bicyclic) bond motifs is 8. The van der Waals surface area contributed by atoms with Gasteiger partial charge in [-0.25, -0.2) is 4.98 Å². The number of benzene rings is 1. The molecular weight excluding hydrogens is 741 g/mol.